The van der Waals surface area contributed by atoms with Crippen molar-refractivity contribution in [2.45, 2.75) is 26.0 Å². The van der Waals surface area contributed by atoms with Crippen LogP contribution in [0.4, 0.5) is 15.8 Å². The van der Waals surface area contributed by atoms with Crippen molar-refractivity contribution in [1.29, 1.82) is 0 Å². The molecule has 5 nitrogen and oxygen atoms in total. The minimum Gasteiger partial charge on any atom is -0.362 e. The molecule has 0 bridgehead atoms. The molecule has 0 radical (unpaired) electrons. The Morgan fingerprint density at radius 2 is 1.97 bits per heavy atom. The molecule has 1 aromatic heterocycles. The summed E-state index contributed by atoms with van der Waals surface area (Å²) >= 11 is 0. The summed E-state index contributed by atoms with van der Waals surface area (Å²) in [6.07, 6.45) is 2.17. The fourth-order valence-electron chi connectivity index (χ4n) is 3.72. The van der Waals surface area contributed by atoms with Gasteiger partial charge in [0.1, 0.15) is 12.0 Å². The summed E-state index contributed by atoms with van der Waals surface area (Å²) in [4.78, 5) is 19.3. The van der Waals surface area contributed by atoms with E-state index in [-0.39, 0.29) is 30.4 Å². The largest absolute Gasteiger partial charge is 0.362 e. The first-order chi connectivity index (χ1) is 13.5. The molecule has 152 valence electrons. The number of carbonyl (C=O) groups excluding carboxylic acids is 1. The van der Waals surface area contributed by atoms with Gasteiger partial charge in [-0.05, 0) is 68.3 Å². The quantitative estimate of drug-likeness (QED) is 0.656. The number of fused-ring (bicyclic) bond motifs is 1. The second-order valence-electron chi connectivity index (χ2n) is 7.00. The molecule has 0 spiro atoms. The smallest absolute Gasteiger partial charge is 0.255 e. The Hall–Kier alpha value is -2.70. The average molecular weight is 416 g/mol. The first kappa shape index (κ1) is 21.0. The van der Waals surface area contributed by atoms with Crippen LogP contribution in [0.1, 0.15) is 28.9 Å². The van der Waals surface area contributed by atoms with Gasteiger partial charge < -0.3 is 15.0 Å². The van der Waals surface area contributed by atoms with E-state index in [4.69, 9.17) is 4.74 Å². The van der Waals surface area contributed by atoms with Crippen molar-refractivity contribution < 1.29 is 13.9 Å². The first-order valence-electron chi connectivity index (χ1n) is 9.33. The molecule has 1 N–H and O–H groups in total. The number of halogens is 2. The molecule has 1 atom stereocenters. The third-order valence-corrected chi connectivity index (χ3v) is 5.06. The third kappa shape index (κ3) is 4.33. The van der Waals surface area contributed by atoms with Crippen LogP contribution < -0.4 is 10.2 Å². The lowest BCUT2D eigenvalue weighted by Crippen LogP contribution is -2.30. The third-order valence-electron chi connectivity index (χ3n) is 5.06. The summed E-state index contributed by atoms with van der Waals surface area (Å²) in [6.45, 7) is 2.91. The number of nitrogens with one attached hydrogen (secondary N) is 1. The summed E-state index contributed by atoms with van der Waals surface area (Å²) in [7, 11) is 1.74. The van der Waals surface area contributed by atoms with Gasteiger partial charge in [-0.15, -0.1) is 12.4 Å². The van der Waals surface area contributed by atoms with Crippen molar-refractivity contribution in [3.63, 3.8) is 0 Å². The van der Waals surface area contributed by atoms with Crippen molar-refractivity contribution in [1.82, 2.24) is 4.98 Å². The van der Waals surface area contributed by atoms with E-state index in [0.717, 1.165) is 41.7 Å². The second kappa shape index (κ2) is 8.76. The van der Waals surface area contributed by atoms with E-state index < -0.39 is 0 Å². The predicted molar refractivity (Wildman–Crippen MR) is 115 cm³/mol. The van der Waals surface area contributed by atoms with E-state index in [1.165, 1.54) is 24.3 Å². The maximum Gasteiger partial charge on any atom is 0.255 e. The highest BCUT2D eigenvalue weighted by molar-refractivity contribution is 6.05. The van der Waals surface area contributed by atoms with Gasteiger partial charge in [-0.1, -0.05) is 0 Å². The molecule has 7 heteroatoms. The number of pyridine rings is 1. The number of amides is 1. The lowest BCUT2D eigenvalue weighted by molar-refractivity contribution is 0.102. The van der Waals surface area contributed by atoms with Crippen LogP contribution in [0.5, 0.6) is 0 Å². The molecule has 1 saturated heterocycles. The Morgan fingerprint density at radius 3 is 2.69 bits per heavy atom. The zero-order valence-electron chi connectivity index (χ0n) is 16.3. The van der Waals surface area contributed by atoms with Gasteiger partial charge in [0.2, 0.25) is 0 Å². The van der Waals surface area contributed by atoms with E-state index in [9.17, 15) is 9.18 Å². The first-order valence-corrected chi connectivity index (χ1v) is 9.33. The van der Waals surface area contributed by atoms with Crippen molar-refractivity contribution in [3.8, 4) is 0 Å². The minimum atomic E-state index is -0.370. The molecular formula is C22H23ClFN3O2. The zero-order chi connectivity index (χ0) is 19.7. The normalized spacial score (nSPS) is 16.0. The summed E-state index contributed by atoms with van der Waals surface area (Å²) in [5, 5.41) is 3.88. The molecule has 2 heterocycles. The number of anilines is 2. The Bertz CT molecular complexity index is 1030. The Balaban J connectivity index is 0.00000240. The molecule has 1 aliphatic heterocycles. The summed E-state index contributed by atoms with van der Waals surface area (Å²) in [5.41, 5.74) is 3.87. The van der Waals surface area contributed by atoms with Gasteiger partial charge in [0.05, 0.1) is 5.52 Å². The number of ether oxygens (including phenoxy) is 1. The molecule has 2 aromatic carbocycles. The molecule has 0 aliphatic carbocycles. The summed E-state index contributed by atoms with van der Waals surface area (Å²) in [5.74, 6) is -0.656. The number of benzene rings is 2. The van der Waals surface area contributed by atoms with Crippen LogP contribution in [-0.2, 0) is 4.74 Å². The highest BCUT2D eigenvalue weighted by atomic mass is 35.5. The molecule has 1 fully saturated rings. The van der Waals surface area contributed by atoms with Gasteiger partial charge in [0, 0.05) is 41.7 Å². The lowest BCUT2D eigenvalue weighted by atomic mass is 10.1. The second-order valence-corrected chi connectivity index (χ2v) is 7.00. The highest BCUT2D eigenvalue weighted by Gasteiger charge is 2.26. The maximum atomic E-state index is 13.1. The maximum absolute atomic E-state index is 13.1. The van der Waals surface area contributed by atoms with Crippen LogP contribution >= 0.6 is 12.4 Å². The summed E-state index contributed by atoms with van der Waals surface area (Å²) < 4.78 is 18.7. The van der Waals surface area contributed by atoms with Gasteiger partial charge in [0.25, 0.3) is 5.91 Å². The number of methoxy groups -OCH3 is 1. The number of rotatable bonds is 4. The number of nitrogens with zero attached hydrogens (tertiary/aromatic N) is 2. The Kier molecular flexibility index (Phi) is 6.35. The van der Waals surface area contributed by atoms with Gasteiger partial charge in [0.15, 0.2) is 0 Å². The van der Waals surface area contributed by atoms with Gasteiger partial charge in [-0.25, -0.2) is 4.39 Å². The molecule has 0 unspecified atom stereocenters. The SMILES string of the molecule is CO[C@@H]1CCCN1c1cc(C)nc2cc(NC(=O)c3ccc(F)cc3)ccc12.Cl. The van der Waals surface area contributed by atoms with E-state index >= 15 is 0 Å². The van der Waals surface area contributed by atoms with Crippen LogP contribution in [0.25, 0.3) is 10.9 Å². The van der Waals surface area contributed by atoms with E-state index in [1.54, 1.807) is 7.11 Å². The van der Waals surface area contributed by atoms with Crippen LogP contribution in [0, 0.1) is 12.7 Å². The fourth-order valence-corrected chi connectivity index (χ4v) is 3.72. The number of carbonyl (C=O) groups is 1. The van der Waals surface area contributed by atoms with Crippen LogP contribution in [-0.4, -0.2) is 30.8 Å². The number of hydrogen-bond donors (Lipinski definition) is 1. The van der Waals surface area contributed by atoms with E-state index in [1.807, 2.05) is 25.1 Å². The standard InChI is InChI=1S/C22H22FN3O2.ClH/c1-14-12-20(26-11-3-4-21(26)28-2)18-10-9-17(13-19(18)24-14)25-22(27)15-5-7-16(23)8-6-15;/h5-10,12-13,21H,3-4,11H2,1-2H3,(H,25,27);1H/t21-;/m1./s1. The molecule has 29 heavy (non-hydrogen) atoms. The molecule has 0 saturated carbocycles. The lowest BCUT2D eigenvalue weighted by Gasteiger charge is -2.27. The van der Waals surface area contributed by atoms with Gasteiger partial charge >= 0.3 is 0 Å². The molecule has 1 aliphatic rings. The van der Waals surface area contributed by atoms with E-state index in [2.05, 4.69) is 21.3 Å². The van der Waals surface area contributed by atoms with Crippen molar-refractivity contribution in [2.24, 2.45) is 0 Å². The predicted octanol–water partition coefficient (Wildman–Crippen LogP) is 4.93. The monoisotopic (exact) mass is 415 g/mol. The van der Waals surface area contributed by atoms with Crippen molar-refractivity contribution in [2.75, 3.05) is 23.9 Å². The number of hydrogen-bond acceptors (Lipinski definition) is 4. The van der Waals surface area contributed by atoms with Gasteiger partial charge in [-0.2, -0.15) is 0 Å². The van der Waals surface area contributed by atoms with Crippen LogP contribution in [0.15, 0.2) is 48.5 Å². The topological polar surface area (TPSA) is 54.5 Å². The van der Waals surface area contributed by atoms with Crippen LogP contribution in [0.2, 0.25) is 0 Å². The molecular weight excluding hydrogens is 393 g/mol. The molecule has 3 aromatic rings. The zero-order valence-corrected chi connectivity index (χ0v) is 17.1. The van der Waals surface area contributed by atoms with Gasteiger partial charge in [-0.3, -0.25) is 9.78 Å². The Labute approximate surface area is 175 Å². The fraction of sp³-hybridized carbons (Fsp3) is 0.273. The molecule has 1 amide bonds. The molecule has 4 rings (SSSR count). The van der Waals surface area contributed by atoms with E-state index in [0.29, 0.717) is 11.3 Å². The van der Waals surface area contributed by atoms with Crippen molar-refractivity contribution in [3.05, 3.63) is 65.6 Å². The minimum absolute atomic E-state index is 0. The Morgan fingerprint density at radius 1 is 1.21 bits per heavy atom. The highest BCUT2D eigenvalue weighted by Crippen LogP contribution is 2.33. The number of aryl methyl sites for hydroxylation is 1. The number of aromatic nitrogens is 1. The summed E-state index contributed by atoms with van der Waals surface area (Å²) in [6, 6.07) is 13.3. The van der Waals surface area contributed by atoms with Crippen LogP contribution in [0.3, 0.4) is 0 Å². The van der Waals surface area contributed by atoms with Crippen molar-refractivity contribution >= 4 is 40.6 Å². The average Bonchev–Trinajstić information content (AvgIpc) is 3.16.